The van der Waals surface area contributed by atoms with Crippen LogP contribution in [0.15, 0.2) is 54.6 Å². The summed E-state index contributed by atoms with van der Waals surface area (Å²) < 4.78 is 37.7. The highest BCUT2D eigenvalue weighted by molar-refractivity contribution is 6.24. The molecule has 5 rings (SSSR count). The number of nitrogens with one attached hydrogen (secondary N) is 1. The summed E-state index contributed by atoms with van der Waals surface area (Å²) in [6.45, 7) is 2.10. The van der Waals surface area contributed by atoms with Crippen molar-refractivity contribution in [3.05, 3.63) is 76.9 Å². The van der Waals surface area contributed by atoms with Crippen molar-refractivity contribution >= 4 is 22.4 Å². The maximum atomic E-state index is 12.6. The van der Waals surface area contributed by atoms with Crippen molar-refractivity contribution < 1.29 is 18.0 Å². The number of anilines is 1. The van der Waals surface area contributed by atoms with Crippen LogP contribution in [0.25, 0.3) is 10.8 Å². The maximum Gasteiger partial charge on any atom is 0.401 e. The van der Waals surface area contributed by atoms with Crippen molar-refractivity contribution in [2.24, 2.45) is 0 Å². The Hall–Kier alpha value is -2.90. The number of halogens is 3. The van der Waals surface area contributed by atoms with E-state index in [2.05, 4.69) is 46.6 Å². The van der Waals surface area contributed by atoms with Gasteiger partial charge in [0.1, 0.15) is 0 Å². The Morgan fingerprint density at radius 2 is 1.53 bits per heavy atom. The summed E-state index contributed by atoms with van der Waals surface area (Å²) in [4.78, 5) is 15.8. The molecule has 1 fully saturated rings. The van der Waals surface area contributed by atoms with Gasteiger partial charge in [0.05, 0.1) is 6.54 Å². The van der Waals surface area contributed by atoms with Gasteiger partial charge >= 0.3 is 6.18 Å². The van der Waals surface area contributed by atoms with Crippen molar-refractivity contribution in [1.29, 1.82) is 0 Å². The van der Waals surface area contributed by atoms with Crippen molar-refractivity contribution in [3.63, 3.8) is 0 Å². The number of carbonyl (C=O) groups excluding carboxylic acids is 1. The van der Waals surface area contributed by atoms with E-state index in [0.29, 0.717) is 26.2 Å². The number of amides is 1. The van der Waals surface area contributed by atoms with Gasteiger partial charge in [0, 0.05) is 49.4 Å². The first-order valence-corrected chi connectivity index (χ1v) is 10.8. The van der Waals surface area contributed by atoms with E-state index in [9.17, 15) is 18.0 Å². The Bertz CT molecular complexity index is 1150. The van der Waals surface area contributed by atoms with Crippen molar-refractivity contribution in [1.82, 2.24) is 9.80 Å². The quantitative estimate of drug-likeness (QED) is 0.627. The molecule has 1 N–H and O–H groups in total. The standard InChI is InChI=1S/C25H24F3N3O/c26-25(27,28)16-31-12-10-30(11-13-31)15-18-6-4-17(5-7-18)14-19-8-9-22-23-20(19)2-1-3-21(23)24(32)29-22/h1-9H,10-16H2,(H,29,32). The number of alkyl halides is 3. The maximum absolute atomic E-state index is 12.6. The molecule has 0 saturated carbocycles. The predicted octanol–water partition coefficient (Wildman–Crippen LogP) is 4.68. The molecule has 166 valence electrons. The monoisotopic (exact) mass is 439 g/mol. The van der Waals surface area contributed by atoms with Crippen LogP contribution in [-0.4, -0.2) is 54.6 Å². The lowest BCUT2D eigenvalue weighted by molar-refractivity contribution is -0.149. The first-order chi connectivity index (χ1) is 15.4. The first kappa shape index (κ1) is 21.0. The van der Waals surface area contributed by atoms with Crippen LogP contribution in [0.4, 0.5) is 18.9 Å². The zero-order valence-electron chi connectivity index (χ0n) is 17.6. The minimum absolute atomic E-state index is 0.0497. The zero-order chi connectivity index (χ0) is 22.3. The van der Waals surface area contributed by atoms with E-state index in [4.69, 9.17) is 0 Å². The molecule has 0 unspecified atom stereocenters. The van der Waals surface area contributed by atoms with E-state index in [1.54, 1.807) is 0 Å². The number of hydrogen-bond acceptors (Lipinski definition) is 3. The Labute approximate surface area is 184 Å². The number of nitrogens with zero attached hydrogens (tertiary/aromatic N) is 2. The van der Waals surface area contributed by atoms with E-state index in [0.717, 1.165) is 40.6 Å². The lowest BCUT2D eigenvalue weighted by atomic mass is 9.95. The fourth-order valence-corrected chi connectivity index (χ4v) is 4.70. The van der Waals surface area contributed by atoms with Crippen LogP contribution in [0.3, 0.4) is 0 Å². The summed E-state index contributed by atoms with van der Waals surface area (Å²) in [5.74, 6) is -0.0497. The molecule has 0 bridgehead atoms. The molecule has 2 heterocycles. The molecule has 0 spiro atoms. The Balaban J connectivity index is 1.23. The molecule has 2 aliphatic rings. The number of piperazine rings is 1. The van der Waals surface area contributed by atoms with E-state index < -0.39 is 12.7 Å². The van der Waals surface area contributed by atoms with E-state index in [-0.39, 0.29) is 5.91 Å². The molecule has 0 aromatic heterocycles. The zero-order valence-corrected chi connectivity index (χ0v) is 17.6. The lowest BCUT2D eigenvalue weighted by Gasteiger charge is -2.35. The molecule has 3 aromatic carbocycles. The van der Waals surface area contributed by atoms with Crippen LogP contribution >= 0.6 is 0 Å². The minimum atomic E-state index is -4.13. The van der Waals surface area contributed by atoms with Crippen molar-refractivity contribution in [2.45, 2.75) is 19.1 Å². The van der Waals surface area contributed by atoms with Gasteiger partial charge < -0.3 is 5.32 Å². The average Bonchev–Trinajstić information content (AvgIpc) is 3.09. The van der Waals surface area contributed by atoms with Crippen molar-refractivity contribution in [2.75, 3.05) is 38.0 Å². The van der Waals surface area contributed by atoms with Crippen molar-refractivity contribution in [3.8, 4) is 0 Å². The topological polar surface area (TPSA) is 35.6 Å². The Morgan fingerprint density at radius 1 is 0.844 bits per heavy atom. The largest absolute Gasteiger partial charge is 0.401 e. The third kappa shape index (κ3) is 4.36. The number of carbonyl (C=O) groups is 1. The SMILES string of the molecule is O=C1Nc2ccc(Cc3ccc(CN4CCN(CC(F)(F)F)CC4)cc3)c3cccc1c23. The lowest BCUT2D eigenvalue weighted by Crippen LogP contribution is -2.48. The summed E-state index contributed by atoms with van der Waals surface area (Å²) >= 11 is 0. The summed E-state index contributed by atoms with van der Waals surface area (Å²) in [6, 6.07) is 18.3. The van der Waals surface area contributed by atoms with Gasteiger partial charge in [-0.2, -0.15) is 13.2 Å². The smallest absolute Gasteiger partial charge is 0.321 e. The van der Waals surface area contributed by atoms with Gasteiger partial charge in [0.15, 0.2) is 0 Å². The molecular formula is C25H24F3N3O. The fraction of sp³-hybridized carbons (Fsp3) is 0.320. The Morgan fingerprint density at radius 3 is 2.25 bits per heavy atom. The highest BCUT2D eigenvalue weighted by Crippen LogP contribution is 2.35. The number of benzene rings is 3. The summed E-state index contributed by atoms with van der Waals surface area (Å²) in [5.41, 5.74) is 5.12. The molecule has 0 atom stereocenters. The average molecular weight is 439 g/mol. The fourth-order valence-electron chi connectivity index (χ4n) is 4.70. The third-order valence-corrected chi connectivity index (χ3v) is 6.32. The molecular weight excluding hydrogens is 415 g/mol. The normalized spacial score (nSPS) is 17.2. The van der Waals surface area contributed by atoms with Gasteiger partial charge in [-0.25, -0.2) is 0 Å². The molecule has 4 nitrogen and oxygen atoms in total. The van der Waals surface area contributed by atoms with E-state index in [1.165, 1.54) is 16.0 Å². The molecule has 1 amide bonds. The summed E-state index contributed by atoms with van der Waals surface area (Å²) in [5, 5.41) is 5.01. The second-order valence-corrected chi connectivity index (χ2v) is 8.62. The van der Waals surface area contributed by atoms with Crippen LogP contribution in [0.5, 0.6) is 0 Å². The van der Waals surface area contributed by atoms with Crippen LogP contribution < -0.4 is 5.32 Å². The first-order valence-electron chi connectivity index (χ1n) is 10.8. The van der Waals surface area contributed by atoms with Crippen LogP contribution in [0.1, 0.15) is 27.0 Å². The minimum Gasteiger partial charge on any atom is -0.321 e. The van der Waals surface area contributed by atoms with Crippen LogP contribution in [0.2, 0.25) is 0 Å². The van der Waals surface area contributed by atoms with Gasteiger partial charge in [0.25, 0.3) is 5.91 Å². The molecule has 2 aliphatic heterocycles. The molecule has 3 aromatic rings. The highest BCUT2D eigenvalue weighted by Gasteiger charge is 2.32. The number of hydrogen-bond donors (Lipinski definition) is 1. The molecule has 1 saturated heterocycles. The Kier molecular flexibility index (Phi) is 5.39. The van der Waals surface area contributed by atoms with E-state index >= 15 is 0 Å². The number of rotatable bonds is 5. The molecule has 7 heteroatoms. The van der Waals surface area contributed by atoms with Crippen LogP contribution in [0, 0.1) is 0 Å². The van der Waals surface area contributed by atoms with Gasteiger partial charge in [-0.15, -0.1) is 0 Å². The molecule has 0 radical (unpaired) electrons. The van der Waals surface area contributed by atoms with E-state index in [1.807, 2.05) is 18.2 Å². The summed E-state index contributed by atoms with van der Waals surface area (Å²) in [6.07, 6.45) is -3.36. The predicted molar refractivity (Wildman–Crippen MR) is 119 cm³/mol. The van der Waals surface area contributed by atoms with Gasteiger partial charge in [-0.05, 0) is 40.6 Å². The van der Waals surface area contributed by atoms with Gasteiger partial charge in [0.2, 0.25) is 0 Å². The second kappa shape index (κ2) is 8.22. The van der Waals surface area contributed by atoms with Gasteiger partial charge in [-0.3, -0.25) is 14.6 Å². The molecule has 0 aliphatic carbocycles. The van der Waals surface area contributed by atoms with Crippen LogP contribution in [-0.2, 0) is 13.0 Å². The van der Waals surface area contributed by atoms with Gasteiger partial charge in [-0.1, -0.05) is 42.5 Å². The second-order valence-electron chi connectivity index (χ2n) is 8.62. The molecule has 32 heavy (non-hydrogen) atoms. The third-order valence-electron chi connectivity index (χ3n) is 6.32. The summed E-state index contributed by atoms with van der Waals surface area (Å²) in [7, 11) is 0. The highest BCUT2D eigenvalue weighted by atomic mass is 19.4.